The van der Waals surface area contributed by atoms with Crippen molar-refractivity contribution in [2.24, 2.45) is 7.05 Å². The van der Waals surface area contributed by atoms with Crippen LogP contribution in [-0.4, -0.2) is 34.7 Å². The number of hydrogen-bond acceptors (Lipinski definition) is 5. The number of thioether (sulfide) groups is 1. The quantitative estimate of drug-likeness (QED) is 0.607. The molecule has 1 saturated heterocycles. The van der Waals surface area contributed by atoms with Crippen LogP contribution in [0.1, 0.15) is 23.6 Å². The maximum Gasteiger partial charge on any atom is 0.295 e. The van der Waals surface area contributed by atoms with Gasteiger partial charge in [0, 0.05) is 12.6 Å². The molecule has 1 aliphatic heterocycles. The molecule has 2 atom stereocenters. The molecular weight excluding hydrogens is 414 g/mol. The molecule has 2 heterocycles. The van der Waals surface area contributed by atoms with Crippen LogP contribution < -0.4 is 19.9 Å². The van der Waals surface area contributed by atoms with Crippen LogP contribution in [0, 0.1) is 6.92 Å². The number of anilines is 1. The van der Waals surface area contributed by atoms with Crippen LogP contribution in [0.5, 0.6) is 11.5 Å². The molecule has 31 heavy (non-hydrogen) atoms. The molecule has 1 amide bonds. The average molecular weight is 440 g/mol. The summed E-state index contributed by atoms with van der Waals surface area (Å²) >= 11 is 1.49. The molecule has 3 aromatic rings. The Kier molecular flexibility index (Phi) is 5.58. The average Bonchev–Trinajstić information content (AvgIpc) is 3.19. The number of methoxy groups -OCH3 is 2. The Morgan fingerprint density at radius 1 is 1.00 bits per heavy atom. The molecule has 0 unspecified atom stereocenters. The zero-order valence-electron chi connectivity index (χ0n) is 18.2. The van der Waals surface area contributed by atoms with E-state index in [1.807, 2.05) is 69.4 Å². The third kappa shape index (κ3) is 3.40. The summed E-state index contributed by atoms with van der Waals surface area (Å²) < 4.78 is 14.3. The molecule has 4 rings (SSSR count). The number of aromatic nitrogens is 2. The smallest absolute Gasteiger partial charge is 0.295 e. The molecule has 0 N–H and O–H groups in total. The van der Waals surface area contributed by atoms with Crippen molar-refractivity contribution >= 4 is 23.4 Å². The number of nitrogens with zero attached hydrogens (tertiary/aromatic N) is 3. The lowest BCUT2D eigenvalue weighted by Crippen LogP contribution is -2.34. The van der Waals surface area contributed by atoms with Crippen LogP contribution in [0.25, 0.3) is 5.69 Å². The zero-order valence-corrected chi connectivity index (χ0v) is 19.0. The highest BCUT2D eigenvalue weighted by molar-refractivity contribution is 8.01. The second-order valence-electron chi connectivity index (χ2n) is 7.36. The third-order valence-electron chi connectivity index (χ3n) is 5.62. The number of carbonyl (C=O) groups is 1. The van der Waals surface area contributed by atoms with Crippen molar-refractivity contribution in [3.8, 4) is 17.2 Å². The summed E-state index contributed by atoms with van der Waals surface area (Å²) in [5.41, 5.74) is 2.39. The minimum atomic E-state index is -0.412. The summed E-state index contributed by atoms with van der Waals surface area (Å²) in [4.78, 5) is 28.5. The lowest BCUT2D eigenvalue weighted by molar-refractivity contribution is -0.117. The Labute approximate surface area is 185 Å². The van der Waals surface area contributed by atoms with Crippen molar-refractivity contribution in [1.29, 1.82) is 0 Å². The van der Waals surface area contributed by atoms with Gasteiger partial charge in [-0.1, -0.05) is 18.2 Å². The molecular formula is C23H25N3O4S. The Balaban J connectivity index is 1.91. The summed E-state index contributed by atoms with van der Waals surface area (Å²) in [6, 6.07) is 14.9. The SMILES string of the molecule is COc1ccc(OC)c([C@@H]2S[C@H](C)C(=O)N2c2c(C)n(C)n(-c3ccccc3)c2=O)c1. The second kappa shape index (κ2) is 8.19. The first-order valence-corrected chi connectivity index (χ1v) is 10.9. The summed E-state index contributed by atoms with van der Waals surface area (Å²) in [6.07, 6.45) is 0. The van der Waals surface area contributed by atoms with E-state index in [-0.39, 0.29) is 16.7 Å². The van der Waals surface area contributed by atoms with Gasteiger partial charge >= 0.3 is 0 Å². The van der Waals surface area contributed by atoms with Gasteiger partial charge in [-0.3, -0.25) is 19.2 Å². The number of para-hydroxylation sites is 1. The lowest BCUT2D eigenvalue weighted by Gasteiger charge is -2.25. The van der Waals surface area contributed by atoms with Gasteiger partial charge in [-0.15, -0.1) is 11.8 Å². The van der Waals surface area contributed by atoms with Crippen molar-refractivity contribution < 1.29 is 14.3 Å². The molecule has 1 fully saturated rings. The maximum absolute atomic E-state index is 13.6. The van der Waals surface area contributed by atoms with Gasteiger partial charge in [-0.25, -0.2) is 4.68 Å². The first kappa shape index (κ1) is 21.1. The van der Waals surface area contributed by atoms with Gasteiger partial charge in [0.1, 0.15) is 22.6 Å². The van der Waals surface area contributed by atoms with Crippen molar-refractivity contribution in [2.75, 3.05) is 19.1 Å². The number of hydrogen-bond donors (Lipinski definition) is 0. The monoisotopic (exact) mass is 439 g/mol. The number of carbonyl (C=O) groups excluding carboxylic acids is 1. The highest BCUT2D eigenvalue weighted by Crippen LogP contribution is 2.48. The van der Waals surface area contributed by atoms with Crippen LogP contribution in [0.4, 0.5) is 5.69 Å². The van der Waals surface area contributed by atoms with Gasteiger partial charge in [0.15, 0.2) is 0 Å². The van der Waals surface area contributed by atoms with Crippen LogP contribution in [-0.2, 0) is 11.8 Å². The molecule has 162 valence electrons. The van der Waals surface area contributed by atoms with Gasteiger partial charge in [-0.05, 0) is 44.2 Å². The highest BCUT2D eigenvalue weighted by Gasteiger charge is 2.43. The molecule has 0 radical (unpaired) electrons. The predicted molar refractivity (Wildman–Crippen MR) is 123 cm³/mol. The van der Waals surface area contributed by atoms with E-state index in [0.717, 1.165) is 11.3 Å². The van der Waals surface area contributed by atoms with E-state index in [0.29, 0.717) is 22.9 Å². The van der Waals surface area contributed by atoms with Gasteiger partial charge in [0.2, 0.25) is 5.91 Å². The number of benzene rings is 2. The minimum Gasteiger partial charge on any atom is -0.497 e. The van der Waals surface area contributed by atoms with Crippen LogP contribution in [0.15, 0.2) is 53.3 Å². The Morgan fingerprint density at radius 2 is 1.71 bits per heavy atom. The molecule has 8 heteroatoms. The largest absolute Gasteiger partial charge is 0.497 e. The van der Waals surface area contributed by atoms with Gasteiger partial charge < -0.3 is 9.47 Å². The van der Waals surface area contributed by atoms with E-state index in [1.54, 1.807) is 28.5 Å². The Morgan fingerprint density at radius 3 is 2.35 bits per heavy atom. The van der Waals surface area contributed by atoms with Crippen molar-refractivity contribution in [1.82, 2.24) is 9.36 Å². The summed E-state index contributed by atoms with van der Waals surface area (Å²) in [5, 5.41) is -0.712. The fourth-order valence-corrected chi connectivity index (χ4v) is 5.21. The number of rotatable bonds is 5. The number of amides is 1. The molecule has 0 saturated carbocycles. The van der Waals surface area contributed by atoms with E-state index in [2.05, 4.69) is 0 Å². The normalized spacial score (nSPS) is 18.5. The van der Waals surface area contributed by atoms with Crippen molar-refractivity contribution in [3.05, 3.63) is 70.1 Å². The maximum atomic E-state index is 13.6. The van der Waals surface area contributed by atoms with Crippen LogP contribution in [0.2, 0.25) is 0 Å². The van der Waals surface area contributed by atoms with Gasteiger partial charge in [0.05, 0.1) is 30.9 Å². The first-order chi connectivity index (χ1) is 14.9. The lowest BCUT2D eigenvalue weighted by atomic mass is 10.1. The minimum absolute atomic E-state index is 0.106. The fraction of sp³-hybridized carbons (Fsp3) is 0.304. The van der Waals surface area contributed by atoms with E-state index in [9.17, 15) is 9.59 Å². The van der Waals surface area contributed by atoms with E-state index in [1.165, 1.54) is 11.8 Å². The predicted octanol–water partition coefficient (Wildman–Crippen LogP) is 3.67. The molecule has 0 bridgehead atoms. The van der Waals surface area contributed by atoms with Crippen molar-refractivity contribution in [2.45, 2.75) is 24.5 Å². The third-order valence-corrected chi connectivity index (χ3v) is 6.95. The number of ether oxygens (including phenoxy) is 2. The van der Waals surface area contributed by atoms with E-state index < -0.39 is 5.37 Å². The summed E-state index contributed by atoms with van der Waals surface area (Å²) in [7, 11) is 5.01. The molecule has 0 aliphatic carbocycles. The first-order valence-electron chi connectivity index (χ1n) is 9.93. The van der Waals surface area contributed by atoms with E-state index >= 15 is 0 Å². The second-order valence-corrected chi connectivity index (χ2v) is 8.78. The summed E-state index contributed by atoms with van der Waals surface area (Å²) in [5.74, 6) is 1.20. The van der Waals surface area contributed by atoms with Crippen LogP contribution in [0.3, 0.4) is 0 Å². The van der Waals surface area contributed by atoms with Gasteiger partial charge in [-0.2, -0.15) is 0 Å². The Bertz CT molecular complexity index is 1190. The van der Waals surface area contributed by atoms with Crippen LogP contribution >= 0.6 is 11.8 Å². The highest BCUT2D eigenvalue weighted by atomic mass is 32.2. The summed E-state index contributed by atoms with van der Waals surface area (Å²) in [6.45, 7) is 3.72. The van der Waals surface area contributed by atoms with E-state index in [4.69, 9.17) is 9.47 Å². The van der Waals surface area contributed by atoms with Gasteiger partial charge in [0.25, 0.3) is 5.56 Å². The molecule has 0 spiro atoms. The Hall–Kier alpha value is -3.13. The zero-order chi connectivity index (χ0) is 22.3. The molecule has 2 aromatic carbocycles. The molecule has 1 aliphatic rings. The molecule has 7 nitrogen and oxygen atoms in total. The van der Waals surface area contributed by atoms with Crippen molar-refractivity contribution in [3.63, 3.8) is 0 Å². The topological polar surface area (TPSA) is 65.7 Å². The molecule has 1 aromatic heterocycles. The standard InChI is InChI=1S/C23H25N3O4S/c1-14-20(22(28)26(24(14)3)16-9-7-6-8-10-16)25-21(27)15(2)31-23(25)18-13-17(29-4)11-12-19(18)30-5/h6-13,15,23H,1-5H3/t15-,23+/m1/s1. The fourth-order valence-electron chi connectivity index (χ4n) is 3.93.